The number of hydrogen-bond acceptors (Lipinski definition) is 5. The summed E-state index contributed by atoms with van der Waals surface area (Å²) in [6.45, 7) is 5.05. The second kappa shape index (κ2) is 8.62. The highest BCUT2D eigenvalue weighted by molar-refractivity contribution is 7.14. The average Bonchev–Trinajstić information content (AvgIpc) is 2.96. The maximum atomic E-state index is 13.1. The first-order valence-corrected chi connectivity index (χ1v) is 9.28. The lowest BCUT2D eigenvalue weighted by Gasteiger charge is -2.31. The minimum atomic E-state index is -0.393. The maximum absolute atomic E-state index is 13.1. The Balaban J connectivity index is 2.28. The second-order valence-electron chi connectivity index (χ2n) is 6.50. The summed E-state index contributed by atoms with van der Waals surface area (Å²) in [6.07, 6.45) is 4.00. The van der Waals surface area contributed by atoms with Gasteiger partial charge in [0.2, 0.25) is 5.91 Å². The zero-order valence-electron chi connectivity index (χ0n) is 15.0. The summed E-state index contributed by atoms with van der Waals surface area (Å²) in [5, 5.41) is 0. The lowest BCUT2D eigenvalue weighted by Crippen LogP contribution is -2.40. The predicted molar refractivity (Wildman–Crippen MR) is 95.7 cm³/mol. The van der Waals surface area contributed by atoms with E-state index in [2.05, 4.69) is 6.92 Å². The van der Waals surface area contributed by atoms with Crippen LogP contribution in [-0.4, -0.2) is 39.2 Å². The molecule has 134 valence electrons. The molecule has 0 aromatic carbocycles. The quantitative estimate of drug-likeness (QED) is 0.733. The highest BCUT2D eigenvalue weighted by atomic mass is 32.1. The molecule has 0 saturated heterocycles. The van der Waals surface area contributed by atoms with Crippen LogP contribution in [0.2, 0.25) is 0 Å². The smallest absolute Gasteiger partial charge is 0.350 e. The summed E-state index contributed by atoms with van der Waals surface area (Å²) in [5.74, 6) is 0.428. The first-order chi connectivity index (χ1) is 11.5. The lowest BCUT2D eigenvalue weighted by molar-refractivity contribution is -0.123. The molecule has 5 nitrogen and oxygen atoms in total. The van der Waals surface area contributed by atoms with E-state index < -0.39 is 5.97 Å². The minimum Gasteiger partial charge on any atom is -0.465 e. The van der Waals surface area contributed by atoms with Crippen molar-refractivity contribution in [3.63, 3.8) is 0 Å². The summed E-state index contributed by atoms with van der Waals surface area (Å²) in [7, 11) is 2.98. The molecule has 6 heteroatoms. The topological polar surface area (TPSA) is 55.8 Å². The van der Waals surface area contributed by atoms with Crippen molar-refractivity contribution in [1.82, 2.24) is 0 Å². The van der Waals surface area contributed by atoms with Gasteiger partial charge in [0.15, 0.2) is 0 Å². The van der Waals surface area contributed by atoms with Gasteiger partial charge in [-0.15, -0.1) is 11.3 Å². The highest BCUT2D eigenvalue weighted by Gasteiger charge is 2.31. The van der Waals surface area contributed by atoms with Crippen LogP contribution in [0, 0.1) is 18.8 Å². The van der Waals surface area contributed by atoms with Crippen molar-refractivity contribution in [2.45, 2.75) is 39.5 Å². The molecule has 1 amide bonds. The van der Waals surface area contributed by atoms with Crippen LogP contribution in [0.5, 0.6) is 0 Å². The number of thiophene rings is 1. The van der Waals surface area contributed by atoms with Crippen molar-refractivity contribution in [2.24, 2.45) is 11.8 Å². The van der Waals surface area contributed by atoms with E-state index in [1.807, 2.05) is 13.0 Å². The Labute approximate surface area is 147 Å². The van der Waals surface area contributed by atoms with Crippen LogP contribution in [0.3, 0.4) is 0 Å². The highest BCUT2D eigenvalue weighted by Crippen LogP contribution is 2.35. The number of methoxy groups -OCH3 is 2. The summed E-state index contributed by atoms with van der Waals surface area (Å²) in [4.78, 5) is 28.4. The maximum Gasteiger partial charge on any atom is 0.350 e. The Kier molecular flexibility index (Phi) is 6.80. The fourth-order valence-corrected chi connectivity index (χ4v) is 4.13. The van der Waals surface area contributed by atoms with Gasteiger partial charge in [-0.05, 0) is 44.6 Å². The molecule has 1 heterocycles. The van der Waals surface area contributed by atoms with E-state index in [9.17, 15) is 9.59 Å². The number of esters is 1. The van der Waals surface area contributed by atoms with Gasteiger partial charge in [0.05, 0.1) is 19.4 Å². The van der Waals surface area contributed by atoms with E-state index in [1.165, 1.54) is 18.4 Å². The third-order valence-electron chi connectivity index (χ3n) is 4.65. The molecule has 24 heavy (non-hydrogen) atoms. The molecule has 1 saturated carbocycles. The second-order valence-corrected chi connectivity index (χ2v) is 7.76. The summed E-state index contributed by atoms with van der Waals surface area (Å²) < 4.78 is 10.1. The number of anilines is 1. The Morgan fingerprint density at radius 2 is 1.92 bits per heavy atom. The molecular weight excluding hydrogens is 326 g/mol. The summed E-state index contributed by atoms with van der Waals surface area (Å²) in [6, 6.07) is 1.90. The molecule has 0 N–H and O–H groups in total. The van der Waals surface area contributed by atoms with E-state index >= 15 is 0 Å². The Hall–Kier alpha value is -1.40. The van der Waals surface area contributed by atoms with Crippen molar-refractivity contribution < 1.29 is 19.1 Å². The standard InChI is InChI=1S/C18H27NO4S/c1-12-5-7-14(8-6-12)17(20)19(9-10-22-3)15-11-13(2)24-16(15)18(21)23-4/h11-12,14H,5-10H2,1-4H3. The number of hydrogen-bond donors (Lipinski definition) is 0. The van der Waals surface area contributed by atoms with Crippen molar-refractivity contribution in [3.8, 4) is 0 Å². The number of carbonyl (C=O) groups excluding carboxylic acids is 2. The van der Waals surface area contributed by atoms with Gasteiger partial charge in [0.25, 0.3) is 0 Å². The number of carbonyl (C=O) groups is 2. The molecule has 1 aliphatic carbocycles. The van der Waals surface area contributed by atoms with E-state index in [-0.39, 0.29) is 11.8 Å². The third kappa shape index (κ3) is 4.36. The molecule has 0 bridgehead atoms. The first kappa shape index (κ1) is 18.9. The van der Waals surface area contributed by atoms with Gasteiger partial charge < -0.3 is 14.4 Å². The third-order valence-corrected chi connectivity index (χ3v) is 5.67. The van der Waals surface area contributed by atoms with E-state index in [1.54, 1.807) is 12.0 Å². The van der Waals surface area contributed by atoms with Crippen LogP contribution in [0.15, 0.2) is 6.07 Å². The van der Waals surface area contributed by atoms with E-state index in [0.29, 0.717) is 29.6 Å². The van der Waals surface area contributed by atoms with Gasteiger partial charge in [-0.25, -0.2) is 4.79 Å². The Morgan fingerprint density at radius 3 is 2.50 bits per heavy atom. The van der Waals surface area contributed by atoms with Crippen LogP contribution in [0.1, 0.15) is 47.2 Å². The van der Waals surface area contributed by atoms with Crippen LogP contribution in [-0.2, 0) is 14.3 Å². The number of ether oxygens (including phenoxy) is 2. The van der Waals surface area contributed by atoms with Gasteiger partial charge in [-0.2, -0.15) is 0 Å². The lowest BCUT2D eigenvalue weighted by atomic mass is 9.82. The first-order valence-electron chi connectivity index (χ1n) is 8.47. The molecule has 0 aliphatic heterocycles. The molecule has 0 atom stereocenters. The number of amides is 1. The summed E-state index contributed by atoms with van der Waals surface area (Å²) >= 11 is 1.36. The van der Waals surface area contributed by atoms with E-state index in [4.69, 9.17) is 9.47 Å². The molecular formula is C18H27NO4S. The zero-order chi connectivity index (χ0) is 17.7. The number of nitrogens with zero attached hydrogens (tertiary/aromatic N) is 1. The van der Waals surface area contributed by atoms with Crippen LogP contribution >= 0.6 is 11.3 Å². The van der Waals surface area contributed by atoms with Gasteiger partial charge >= 0.3 is 5.97 Å². The molecule has 1 aromatic rings. The van der Waals surface area contributed by atoms with Gasteiger partial charge in [-0.3, -0.25) is 4.79 Å². The molecule has 1 aliphatic rings. The largest absolute Gasteiger partial charge is 0.465 e. The number of aryl methyl sites for hydroxylation is 1. The zero-order valence-corrected chi connectivity index (χ0v) is 15.8. The molecule has 0 unspecified atom stereocenters. The van der Waals surface area contributed by atoms with Crippen molar-refractivity contribution >= 4 is 28.9 Å². The average molecular weight is 353 g/mol. The summed E-state index contributed by atoms with van der Waals surface area (Å²) in [5.41, 5.74) is 0.657. The predicted octanol–water partition coefficient (Wildman–Crippen LogP) is 3.65. The van der Waals surface area contributed by atoms with Gasteiger partial charge in [-0.1, -0.05) is 6.92 Å². The Morgan fingerprint density at radius 1 is 1.25 bits per heavy atom. The van der Waals surface area contributed by atoms with Crippen molar-refractivity contribution in [2.75, 3.05) is 32.3 Å². The molecule has 2 rings (SSSR count). The van der Waals surface area contributed by atoms with Gasteiger partial charge in [0, 0.05) is 24.4 Å². The number of rotatable bonds is 6. The molecule has 0 spiro atoms. The Bertz CT molecular complexity index is 576. The van der Waals surface area contributed by atoms with Crippen molar-refractivity contribution in [3.05, 3.63) is 15.8 Å². The fraction of sp³-hybridized carbons (Fsp3) is 0.667. The minimum absolute atomic E-state index is 0.0313. The molecule has 0 radical (unpaired) electrons. The normalized spacial score (nSPS) is 20.7. The molecule has 1 aromatic heterocycles. The fourth-order valence-electron chi connectivity index (χ4n) is 3.20. The van der Waals surface area contributed by atoms with Crippen LogP contribution in [0.25, 0.3) is 0 Å². The van der Waals surface area contributed by atoms with Crippen molar-refractivity contribution in [1.29, 1.82) is 0 Å². The van der Waals surface area contributed by atoms with Gasteiger partial charge in [0.1, 0.15) is 4.88 Å². The SMILES string of the molecule is COCCN(C(=O)C1CCC(C)CC1)c1cc(C)sc1C(=O)OC. The monoisotopic (exact) mass is 353 g/mol. The van der Waals surface area contributed by atoms with Crippen LogP contribution in [0.4, 0.5) is 5.69 Å². The van der Waals surface area contributed by atoms with Crippen LogP contribution < -0.4 is 4.90 Å². The van der Waals surface area contributed by atoms with E-state index in [0.717, 1.165) is 30.6 Å². The molecule has 1 fully saturated rings.